The molecule has 0 fully saturated rings. The molecule has 0 aliphatic rings. The van der Waals surface area contributed by atoms with Gasteiger partial charge in [-0.1, -0.05) is 18.2 Å². The topological polar surface area (TPSA) is 51.5 Å². The van der Waals surface area contributed by atoms with Crippen molar-refractivity contribution in [2.24, 2.45) is 0 Å². The van der Waals surface area contributed by atoms with Crippen LogP contribution in [0.3, 0.4) is 0 Å². The number of nitrogens with zero attached hydrogens (tertiary/aromatic N) is 1. The summed E-state index contributed by atoms with van der Waals surface area (Å²) in [5.41, 5.74) is 2.23. The molecule has 4 nitrogen and oxygen atoms in total. The first-order valence-corrected chi connectivity index (χ1v) is 6.98. The Labute approximate surface area is 119 Å². The quantitative estimate of drug-likeness (QED) is 0.844. The molecular weight excluding hydrogens is 254 g/mol. The zero-order valence-electron chi connectivity index (χ0n) is 12.0. The standard InChI is InChI=1S/C16H21NO3/c1-12(2)20-10-9-17-11-13(7-8-16(18)19)14-5-3-4-6-15(14)17/h3-6,11-12H,7-10H2,1-2H3,(H,18,19). The number of hydrogen-bond donors (Lipinski definition) is 1. The van der Waals surface area contributed by atoms with Crippen molar-refractivity contribution in [3.63, 3.8) is 0 Å². The zero-order chi connectivity index (χ0) is 14.5. The van der Waals surface area contributed by atoms with E-state index in [9.17, 15) is 4.79 Å². The van der Waals surface area contributed by atoms with E-state index >= 15 is 0 Å². The van der Waals surface area contributed by atoms with Crippen LogP contribution in [0.5, 0.6) is 0 Å². The van der Waals surface area contributed by atoms with E-state index < -0.39 is 5.97 Å². The van der Waals surface area contributed by atoms with Crippen molar-refractivity contribution in [3.8, 4) is 0 Å². The monoisotopic (exact) mass is 275 g/mol. The largest absolute Gasteiger partial charge is 0.481 e. The minimum atomic E-state index is -0.759. The summed E-state index contributed by atoms with van der Waals surface area (Å²) < 4.78 is 7.73. The second kappa shape index (κ2) is 6.57. The number of fused-ring (bicyclic) bond motifs is 1. The molecule has 0 unspecified atom stereocenters. The maximum absolute atomic E-state index is 10.7. The van der Waals surface area contributed by atoms with Crippen LogP contribution in [0, 0.1) is 0 Å². The van der Waals surface area contributed by atoms with Gasteiger partial charge in [0, 0.05) is 30.1 Å². The number of aromatic nitrogens is 1. The summed E-state index contributed by atoms with van der Waals surface area (Å²) in [4.78, 5) is 10.7. The summed E-state index contributed by atoms with van der Waals surface area (Å²) >= 11 is 0. The molecule has 2 aromatic rings. The number of para-hydroxylation sites is 1. The Bertz CT molecular complexity index is 586. The lowest BCUT2D eigenvalue weighted by molar-refractivity contribution is -0.136. The summed E-state index contributed by atoms with van der Waals surface area (Å²) in [7, 11) is 0. The number of carbonyl (C=O) groups is 1. The van der Waals surface area contributed by atoms with E-state index in [1.807, 2.05) is 32.0 Å². The number of carboxylic acid groups (broad SMARTS) is 1. The third-order valence-electron chi connectivity index (χ3n) is 3.26. The van der Waals surface area contributed by atoms with Crippen molar-refractivity contribution in [2.45, 2.75) is 39.3 Å². The lowest BCUT2D eigenvalue weighted by atomic mass is 10.1. The van der Waals surface area contributed by atoms with Crippen molar-refractivity contribution in [2.75, 3.05) is 6.61 Å². The van der Waals surface area contributed by atoms with Gasteiger partial charge < -0.3 is 14.4 Å². The van der Waals surface area contributed by atoms with Crippen LogP contribution in [-0.4, -0.2) is 28.4 Å². The van der Waals surface area contributed by atoms with Crippen molar-refractivity contribution in [1.29, 1.82) is 0 Å². The van der Waals surface area contributed by atoms with Crippen molar-refractivity contribution in [1.82, 2.24) is 4.57 Å². The summed E-state index contributed by atoms with van der Waals surface area (Å²) in [5.74, 6) is -0.759. The number of hydrogen-bond acceptors (Lipinski definition) is 2. The Kier molecular flexibility index (Phi) is 4.79. The molecule has 2 rings (SSSR count). The fraction of sp³-hybridized carbons (Fsp3) is 0.438. The number of rotatable bonds is 7. The van der Waals surface area contributed by atoms with Crippen LogP contribution in [0.2, 0.25) is 0 Å². The molecule has 4 heteroatoms. The highest BCUT2D eigenvalue weighted by Crippen LogP contribution is 2.22. The highest BCUT2D eigenvalue weighted by molar-refractivity contribution is 5.84. The summed E-state index contributed by atoms with van der Waals surface area (Å²) in [6, 6.07) is 8.10. The zero-order valence-corrected chi connectivity index (χ0v) is 12.0. The molecule has 0 aliphatic carbocycles. The highest BCUT2D eigenvalue weighted by Gasteiger charge is 2.09. The van der Waals surface area contributed by atoms with Gasteiger partial charge in [0.15, 0.2) is 0 Å². The van der Waals surface area contributed by atoms with Crippen molar-refractivity contribution >= 4 is 16.9 Å². The van der Waals surface area contributed by atoms with Gasteiger partial charge in [0.05, 0.1) is 12.7 Å². The molecule has 0 saturated carbocycles. The molecule has 0 aliphatic heterocycles. The molecule has 108 valence electrons. The van der Waals surface area contributed by atoms with Crippen LogP contribution >= 0.6 is 0 Å². The molecule has 1 aromatic heterocycles. The van der Waals surface area contributed by atoms with Gasteiger partial charge >= 0.3 is 5.97 Å². The van der Waals surface area contributed by atoms with Crippen molar-refractivity contribution < 1.29 is 14.6 Å². The average Bonchev–Trinajstić information content (AvgIpc) is 2.75. The van der Waals surface area contributed by atoms with Gasteiger partial charge in [0.1, 0.15) is 0 Å². The average molecular weight is 275 g/mol. The van der Waals surface area contributed by atoms with Gasteiger partial charge in [0.25, 0.3) is 0 Å². The van der Waals surface area contributed by atoms with E-state index in [0.29, 0.717) is 13.0 Å². The van der Waals surface area contributed by atoms with E-state index in [-0.39, 0.29) is 12.5 Å². The van der Waals surface area contributed by atoms with E-state index in [2.05, 4.69) is 16.8 Å². The van der Waals surface area contributed by atoms with Gasteiger partial charge in [-0.2, -0.15) is 0 Å². The van der Waals surface area contributed by atoms with E-state index in [1.54, 1.807) is 0 Å². The molecule has 1 aromatic carbocycles. The van der Waals surface area contributed by atoms with Gasteiger partial charge in [-0.3, -0.25) is 4.79 Å². The van der Waals surface area contributed by atoms with E-state index in [4.69, 9.17) is 9.84 Å². The van der Waals surface area contributed by atoms with E-state index in [0.717, 1.165) is 23.0 Å². The number of ether oxygens (including phenoxy) is 1. The lowest BCUT2D eigenvalue weighted by Crippen LogP contribution is -2.09. The molecule has 1 heterocycles. The highest BCUT2D eigenvalue weighted by atomic mass is 16.5. The fourth-order valence-corrected chi connectivity index (χ4v) is 2.34. The minimum Gasteiger partial charge on any atom is -0.481 e. The smallest absolute Gasteiger partial charge is 0.303 e. The Hall–Kier alpha value is -1.81. The molecule has 0 spiro atoms. The first kappa shape index (κ1) is 14.6. The van der Waals surface area contributed by atoms with Crippen LogP contribution in [0.25, 0.3) is 10.9 Å². The Morgan fingerprint density at radius 3 is 2.80 bits per heavy atom. The normalized spacial score (nSPS) is 11.3. The first-order valence-electron chi connectivity index (χ1n) is 6.98. The van der Waals surface area contributed by atoms with E-state index in [1.165, 1.54) is 0 Å². The second-order valence-electron chi connectivity index (χ2n) is 5.18. The number of benzene rings is 1. The van der Waals surface area contributed by atoms with Gasteiger partial charge in [-0.25, -0.2) is 0 Å². The lowest BCUT2D eigenvalue weighted by Gasteiger charge is -2.09. The third-order valence-corrected chi connectivity index (χ3v) is 3.26. The SMILES string of the molecule is CC(C)OCCn1cc(CCC(=O)O)c2ccccc21. The number of aliphatic carboxylic acids is 1. The Balaban J connectivity index is 2.19. The fourth-order valence-electron chi connectivity index (χ4n) is 2.34. The molecule has 0 saturated heterocycles. The molecule has 1 N–H and O–H groups in total. The molecule has 0 radical (unpaired) electrons. The van der Waals surface area contributed by atoms with Gasteiger partial charge in [-0.05, 0) is 31.9 Å². The number of carboxylic acids is 1. The maximum Gasteiger partial charge on any atom is 0.303 e. The summed E-state index contributed by atoms with van der Waals surface area (Å²) in [6.45, 7) is 5.48. The van der Waals surface area contributed by atoms with Gasteiger partial charge in [-0.15, -0.1) is 0 Å². The number of aryl methyl sites for hydroxylation is 1. The minimum absolute atomic E-state index is 0.163. The second-order valence-corrected chi connectivity index (χ2v) is 5.18. The van der Waals surface area contributed by atoms with Crippen LogP contribution in [-0.2, 0) is 22.5 Å². The summed E-state index contributed by atoms with van der Waals surface area (Å²) in [6.07, 6.45) is 3.00. The summed E-state index contributed by atoms with van der Waals surface area (Å²) in [5, 5.41) is 9.97. The molecule has 0 bridgehead atoms. The maximum atomic E-state index is 10.7. The Morgan fingerprint density at radius 2 is 2.10 bits per heavy atom. The predicted octanol–water partition coefficient (Wildman–Crippen LogP) is 3.08. The van der Waals surface area contributed by atoms with Crippen LogP contribution in [0.15, 0.2) is 30.5 Å². The van der Waals surface area contributed by atoms with Crippen molar-refractivity contribution in [3.05, 3.63) is 36.0 Å². The van der Waals surface area contributed by atoms with Crippen LogP contribution in [0.1, 0.15) is 25.8 Å². The Morgan fingerprint density at radius 1 is 1.35 bits per heavy atom. The molecule has 0 atom stereocenters. The van der Waals surface area contributed by atoms with Crippen LogP contribution < -0.4 is 0 Å². The van der Waals surface area contributed by atoms with Gasteiger partial charge in [0.2, 0.25) is 0 Å². The van der Waals surface area contributed by atoms with Crippen LogP contribution in [0.4, 0.5) is 0 Å². The molecule has 20 heavy (non-hydrogen) atoms. The predicted molar refractivity (Wildman–Crippen MR) is 79.0 cm³/mol. The first-order chi connectivity index (χ1) is 9.58. The third kappa shape index (κ3) is 3.61. The molecular formula is C16H21NO3. The molecule has 0 amide bonds.